The molecule has 2 amide bonds. The Morgan fingerprint density at radius 2 is 1.85 bits per heavy atom. The molecule has 1 heterocycles. The Labute approximate surface area is 160 Å². The van der Waals surface area contributed by atoms with Gasteiger partial charge in [0.25, 0.3) is 0 Å². The number of amides is 2. The smallest absolute Gasteiger partial charge is 0.305 e. The highest BCUT2D eigenvalue weighted by Crippen LogP contribution is 2.22. The van der Waals surface area contributed by atoms with Gasteiger partial charge in [-0.1, -0.05) is 18.2 Å². The molecular weight excluding hydrogens is 368 g/mol. The van der Waals surface area contributed by atoms with E-state index in [2.05, 4.69) is 15.7 Å². The van der Waals surface area contributed by atoms with Crippen LogP contribution in [0.25, 0.3) is 0 Å². The van der Waals surface area contributed by atoms with Crippen LogP contribution in [-0.4, -0.2) is 29.1 Å². The van der Waals surface area contributed by atoms with Crippen LogP contribution in [0.3, 0.4) is 0 Å². The largest absolute Gasteiger partial charge is 0.481 e. The first kappa shape index (κ1) is 20.1. The molecule has 1 aromatic heterocycles. The molecular formula is C18H20N4O4S. The standard InChI is InChI=1S/C18H20N4O4S/c19-20-11-12-3-5-13(6-4-12)21-16(23)7-8-17(24)22-14(10-18(25)26)15-2-1-9-27-15/h1-6,9,11,14H,7-8,10,19H2,(H,21,23)(H,22,24)(H,25,26). The number of hydrogen-bond acceptors (Lipinski definition) is 6. The fourth-order valence-electron chi connectivity index (χ4n) is 2.34. The monoisotopic (exact) mass is 388 g/mol. The minimum absolute atomic E-state index is 0.0118. The van der Waals surface area contributed by atoms with E-state index < -0.39 is 12.0 Å². The summed E-state index contributed by atoms with van der Waals surface area (Å²) in [5.74, 6) is 3.38. The van der Waals surface area contributed by atoms with Crippen molar-refractivity contribution in [2.45, 2.75) is 25.3 Å². The minimum Gasteiger partial charge on any atom is -0.481 e. The number of anilines is 1. The Morgan fingerprint density at radius 3 is 2.44 bits per heavy atom. The summed E-state index contributed by atoms with van der Waals surface area (Å²) in [4.78, 5) is 35.8. The summed E-state index contributed by atoms with van der Waals surface area (Å²) in [5, 5.41) is 19.6. The highest BCUT2D eigenvalue weighted by Gasteiger charge is 2.19. The molecule has 9 heteroatoms. The van der Waals surface area contributed by atoms with Crippen molar-refractivity contribution in [3.63, 3.8) is 0 Å². The molecule has 8 nitrogen and oxygen atoms in total. The van der Waals surface area contributed by atoms with Crippen LogP contribution in [0.15, 0.2) is 46.9 Å². The van der Waals surface area contributed by atoms with Crippen LogP contribution in [0, 0.1) is 0 Å². The van der Waals surface area contributed by atoms with Crippen LogP contribution in [0.5, 0.6) is 0 Å². The summed E-state index contributed by atoms with van der Waals surface area (Å²) in [5.41, 5.74) is 1.39. The maximum Gasteiger partial charge on any atom is 0.305 e. The van der Waals surface area contributed by atoms with Gasteiger partial charge >= 0.3 is 5.97 Å². The topological polar surface area (TPSA) is 134 Å². The van der Waals surface area contributed by atoms with Gasteiger partial charge in [0.2, 0.25) is 11.8 Å². The summed E-state index contributed by atoms with van der Waals surface area (Å²) >= 11 is 1.37. The predicted octanol–water partition coefficient (Wildman–Crippen LogP) is 2.09. The van der Waals surface area contributed by atoms with E-state index in [1.807, 2.05) is 5.38 Å². The number of carboxylic acids is 1. The molecule has 0 aliphatic rings. The number of thiophene rings is 1. The maximum atomic E-state index is 12.1. The summed E-state index contributed by atoms with van der Waals surface area (Å²) in [6.45, 7) is 0. The van der Waals surface area contributed by atoms with Crippen LogP contribution in [-0.2, 0) is 14.4 Å². The van der Waals surface area contributed by atoms with Gasteiger partial charge in [-0.3, -0.25) is 14.4 Å². The van der Waals surface area contributed by atoms with Crippen molar-refractivity contribution in [1.29, 1.82) is 0 Å². The fourth-order valence-corrected chi connectivity index (χ4v) is 3.12. The van der Waals surface area contributed by atoms with Gasteiger partial charge in [0.05, 0.1) is 18.7 Å². The normalized spacial score (nSPS) is 11.9. The highest BCUT2D eigenvalue weighted by atomic mass is 32.1. The second kappa shape index (κ2) is 10.1. The van der Waals surface area contributed by atoms with Gasteiger partial charge in [0.15, 0.2) is 0 Å². The zero-order chi connectivity index (χ0) is 19.6. The molecule has 0 aliphatic carbocycles. The lowest BCUT2D eigenvalue weighted by atomic mass is 10.1. The molecule has 0 fully saturated rings. The molecule has 2 aromatic rings. The molecule has 0 spiro atoms. The number of carbonyl (C=O) groups excluding carboxylic acids is 2. The van der Waals surface area contributed by atoms with Gasteiger partial charge in [0, 0.05) is 23.4 Å². The average molecular weight is 388 g/mol. The number of nitrogens with zero attached hydrogens (tertiary/aromatic N) is 1. The zero-order valence-corrected chi connectivity index (χ0v) is 15.2. The Kier molecular flexibility index (Phi) is 7.50. The van der Waals surface area contributed by atoms with Crippen molar-refractivity contribution in [2.75, 3.05) is 5.32 Å². The second-order valence-electron chi connectivity index (χ2n) is 5.68. The number of carbonyl (C=O) groups is 3. The first-order chi connectivity index (χ1) is 13.0. The average Bonchev–Trinajstić information content (AvgIpc) is 3.16. The van der Waals surface area contributed by atoms with E-state index >= 15 is 0 Å². The lowest BCUT2D eigenvalue weighted by molar-refractivity contribution is -0.137. The molecule has 0 radical (unpaired) electrons. The van der Waals surface area contributed by atoms with Crippen LogP contribution in [0.4, 0.5) is 5.69 Å². The van der Waals surface area contributed by atoms with Crippen LogP contribution in [0.2, 0.25) is 0 Å². The fraction of sp³-hybridized carbons (Fsp3) is 0.222. The van der Waals surface area contributed by atoms with Crippen molar-refractivity contribution in [2.24, 2.45) is 10.9 Å². The first-order valence-corrected chi connectivity index (χ1v) is 9.03. The molecule has 0 aliphatic heterocycles. The van der Waals surface area contributed by atoms with E-state index in [-0.39, 0.29) is 31.1 Å². The highest BCUT2D eigenvalue weighted by molar-refractivity contribution is 7.10. The molecule has 1 atom stereocenters. The van der Waals surface area contributed by atoms with Gasteiger partial charge < -0.3 is 21.6 Å². The molecule has 0 saturated heterocycles. The van der Waals surface area contributed by atoms with Crippen molar-refractivity contribution in [1.82, 2.24) is 5.32 Å². The molecule has 142 valence electrons. The maximum absolute atomic E-state index is 12.1. The predicted molar refractivity (Wildman–Crippen MR) is 104 cm³/mol. The van der Waals surface area contributed by atoms with Gasteiger partial charge in [-0.15, -0.1) is 11.3 Å². The van der Waals surface area contributed by atoms with Gasteiger partial charge in [-0.2, -0.15) is 5.10 Å². The van der Waals surface area contributed by atoms with E-state index in [0.29, 0.717) is 5.69 Å². The zero-order valence-electron chi connectivity index (χ0n) is 14.4. The van der Waals surface area contributed by atoms with Crippen molar-refractivity contribution in [3.05, 3.63) is 52.2 Å². The van der Waals surface area contributed by atoms with Gasteiger partial charge in [-0.25, -0.2) is 0 Å². The lowest BCUT2D eigenvalue weighted by Gasteiger charge is -2.15. The number of rotatable bonds is 9. The summed E-state index contributed by atoms with van der Waals surface area (Å²) in [6.07, 6.45) is 1.22. The molecule has 0 bridgehead atoms. The number of nitrogens with two attached hydrogens (primary N) is 1. The van der Waals surface area contributed by atoms with E-state index in [1.54, 1.807) is 36.4 Å². The molecule has 1 aromatic carbocycles. The van der Waals surface area contributed by atoms with Crippen LogP contribution in [0.1, 0.15) is 35.7 Å². The third kappa shape index (κ3) is 6.90. The number of benzene rings is 1. The summed E-state index contributed by atoms with van der Waals surface area (Å²) in [6, 6.07) is 9.86. The van der Waals surface area contributed by atoms with Gasteiger partial charge in [0.1, 0.15) is 0 Å². The van der Waals surface area contributed by atoms with E-state index in [0.717, 1.165) is 10.4 Å². The Bertz CT molecular complexity index is 803. The molecule has 2 rings (SSSR count). The van der Waals surface area contributed by atoms with Crippen LogP contribution < -0.4 is 16.5 Å². The van der Waals surface area contributed by atoms with Gasteiger partial charge in [-0.05, 0) is 29.1 Å². The van der Waals surface area contributed by atoms with E-state index in [9.17, 15) is 14.4 Å². The van der Waals surface area contributed by atoms with Crippen molar-refractivity contribution >= 4 is 41.0 Å². The SMILES string of the molecule is NN=Cc1ccc(NC(=O)CCC(=O)NC(CC(=O)O)c2cccs2)cc1. The number of aliphatic carboxylic acids is 1. The Balaban J connectivity index is 1.82. The quantitative estimate of drug-likeness (QED) is 0.296. The number of carboxylic acid groups (broad SMARTS) is 1. The number of nitrogens with one attached hydrogen (secondary N) is 2. The number of hydrazone groups is 1. The van der Waals surface area contributed by atoms with E-state index in [1.165, 1.54) is 17.6 Å². The number of hydrogen-bond donors (Lipinski definition) is 4. The Hall–Kier alpha value is -3.20. The molecule has 0 saturated carbocycles. The second-order valence-corrected chi connectivity index (χ2v) is 6.66. The first-order valence-electron chi connectivity index (χ1n) is 8.15. The third-order valence-corrected chi connectivity index (χ3v) is 4.58. The summed E-state index contributed by atoms with van der Waals surface area (Å²) in [7, 11) is 0. The third-order valence-electron chi connectivity index (χ3n) is 3.60. The molecule has 1 unspecified atom stereocenters. The van der Waals surface area contributed by atoms with Crippen molar-refractivity contribution in [3.8, 4) is 0 Å². The molecule has 27 heavy (non-hydrogen) atoms. The Morgan fingerprint density at radius 1 is 1.15 bits per heavy atom. The minimum atomic E-state index is -1.01. The van der Waals surface area contributed by atoms with Crippen LogP contribution >= 0.6 is 11.3 Å². The summed E-state index contributed by atoms with van der Waals surface area (Å²) < 4.78 is 0. The molecule has 5 N–H and O–H groups in total. The van der Waals surface area contributed by atoms with E-state index in [4.69, 9.17) is 10.9 Å². The van der Waals surface area contributed by atoms with Crippen molar-refractivity contribution < 1.29 is 19.5 Å². The lowest BCUT2D eigenvalue weighted by Crippen LogP contribution is -2.30.